The molecular formula is C17H17FN6O5S. The van der Waals surface area contributed by atoms with E-state index in [4.69, 9.17) is 14.9 Å². The maximum absolute atomic E-state index is 14.7. The number of carbonyl (C=O) groups excluding carboxylic acids is 1. The third kappa shape index (κ3) is 4.02. The molecule has 4 rings (SSSR count). The number of halogens is 1. The van der Waals surface area contributed by atoms with Crippen LogP contribution in [0, 0.1) is 5.82 Å². The van der Waals surface area contributed by atoms with Gasteiger partial charge in [-0.15, -0.1) is 10.2 Å². The first-order valence-corrected chi connectivity index (χ1v) is 9.76. The Bertz CT molecular complexity index is 1000. The Morgan fingerprint density at radius 1 is 1.33 bits per heavy atom. The summed E-state index contributed by atoms with van der Waals surface area (Å²) in [6, 6.07) is 4.40. The highest BCUT2D eigenvalue weighted by Crippen LogP contribution is 2.28. The Balaban J connectivity index is 1.42. The van der Waals surface area contributed by atoms with E-state index in [-0.39, 0.29) is 18.2 Å². The number of benzene rings is 1. The average molecular weight is 436 g/mol. The molecule has 2 aromatic rings. The molecule has 1 fully saturated rings. The van der Waals surface area contributed by atoms with Crippen molar-refractivity contribution < 1.29 is 28.9 Å². The fourth-order valence-corrected chi connectivity index (χ4v) is 3.75. The minimum absolute atomic E-state index is 0.0815. The second-order valence-corrected chi connectivity index (χ2v) is 7.62. The third-order valence-corrected chi connectivity index (χ3v) is 5.45. The van der Waals surface area contributed by atoms with Crippen LogP contribution in [0.15, 0.2) is 23.3 Å². The van der Waals surface area contributed by atoms with Gasteiger partial charge in [0.25, 0.3) is 0 Å². The van der Waals surface area contributed by atoms with Crippen molar-refractivity contribution in [2.45, 2.75) is 12.6 Å². The highest BCUT2D eigenvalue weighted by molar-refractivity contribution is 7.13. The summed E-state index contributed by atoms with van der Waals surface area (Å²) in [5, 5.41) is 31.8. The standard InChI is InChI=1S/C17H17FN6O5S/c18-12-5-10(24-6-11(8-25)29-17(24)28)1-2-13(12)22-3-4-23(19-9-22)7-14-20-21-15(30-14)16(26)27/h1-2,5,9,11,25H,3-4,6-8H2,(H,26,27)/t11-/m1/s1. The summed E-state index contributed by atoms with van der Waals surface area (Å²) in [6.07, 6.45) is 0.228. The van der Waals surface area contributed by atoms with Gasteiger partial charge in [0, 0.05) is 6.54 Å². The van der Waals surface area contributed by atoms with Crippen LogP contribution in [-0.4, -0.2) is 76.2 Å². The van der Waals surface area contributed by atoms with Crippen molar-refractivity contribution in [3.8, 4) is 0 Å². The molecule has 0 saturated carbocycles. The minimum atomic E-state index is -1.12. The molecule has 3 heterocycles. The van der Waals surface area contributed by atoms with Crippen LogP contribution in [0.2, 0.25) is 0 Å². The van der Waals surface area contributed by atoms with Gasteiger partial charge in [-0.1, -0.05) is 11.3 Å². The summed E-state index contributed by atoms with van der Waals surface area (Å²) >= 11 is 0.981. The quantitative estimate of drug-likeness (QED) is 0.679. The maximum Gasteiger partial charge on any atom is 0.414 e. The van der Waals surface area contributed by atoms with Crippen LogP contribution in [0.1, 0.15) is 14.8 Å². The average Bonchev–Trinajstić information content (AvgIpc) is 3.35. The first-order chi connectivity index (χ1) is 14.4. The van der Waals surface area contributed by atoms with E-state index in [1.807, 2.05) is 0 Å². The predicted molar refractivity (Wildman–Crippen MR) is 104 cm³/mol. The van der Waals surface area contributed by atoms with Gasteiger partial charge in [-0.2, -0.15) is 5.10 Å². The molecule has 11 nitrogen and oxygen atoms in total. The van der Waals surface area contributed by atoms with Crippen LogP contribution in [0.25, 0.3) is 0 Å². The van der Waals surface area contributed by atoms with Crippen LogP contribution in [0.3, 0.4) is 0 Å². The molecule has 0 aliphatic carbocycles. The molecule has 1 aromatic carbocycles. The summed E-state index contributed by atoms with van der Waals surface area (Å²) in [4.78, 5) is 25.6. The van der Waals surface area contributed by atoms with Crippen molar-refractivity contribution in [3.63, 3.8) is 0 Å². The largest absolute Gasteiger partial charge is 0.476 e. The first kappa shape index (κ1) is 20.0. The van der Waals surface area contributed by atoms with Gasteiger partial charge in [-0.05, 0) is 18.2 Å². The number of aromatic carboxylic acids is 1. The van der Waals surface area contributed by atoms with Crippen LogP contribution in [0.5, 0.6) is 0 Å². The van der Waals surface area contributed by atoms with Crippen LogP contribution >= 0.6 is 11.3 Å². The summed E-state index contributed by atoms with van der Waals surface area (Å²) < 4.78 is 19.7. The fraction of sp³-hybridized carbons (Fsp3) is 0.353. The molecule has 2 N–H and O–H groups in total. The molecule has 1 aromatic heterocycles. The predicted octanol–water partition coefficient (Wildman–Crippen LogP) is 0.958. The zero-order valence-corrected chi connectivity index (χ0v) is 16.3. The number of aliphatic hydroxyl groups excluding tert-OH is 1. The Morgan fingerprint density at radius 2 is 2.17 bits per heavy atom. The number of nitrogens with zero attached hydrogens (tertiary/aromatic N) is 6. The van der Waals surface area contributed by atoms with Gasteiger partial charge in [0.15, 0.2) is 0 Å². The Labute approximate surface area is 173 Å². The number of hydrogen-bond acceptors (Lipinski definition) is 10. The summed E-state index contributed by atoms with van der Waals surface area (Å²) in [5.74, 6) is -1.65. The Hall–Kier alpha value is -3.32. The normalized spacial score (nSPS) is 18.8. The molecular weight excluding hydrogens is 419 g/mol. The van der Waals surface area contributed by atoms with Crippen LogP contribution < -0.4 is 9.80 Å². The molecule has 0 radical (unpaired) electrons. The Kier molecular flexibility index (Phi) is 5.46. The highest BCUT2D eigenvalue weighted by atomic mass is 32.1. The van der Waals surface area contributed by atoms with E-state index in [2.05, 4.69) is 15.3 Å². The molecule has 0 unspecified atom stereocenters. The number of rotatable bonds is 6. The van der Waals surface area contributed by atoms with Crippen molar-refractivity contribution in [2.24, 2.45) is 5.10 Å². The fourth-order valence-electron chi connectivity index (χ4n) is 3.06. The SMILES string of the molecule is O=C(O)c1nnc(CN2CCN(c3ccc(N4C[C@H](CO)OC4=O)cc3F)C=N2)s1. The third-order valence-electron chi connectivity index (χ3n) is 4.55. The first-order valence-electron chi connectivity index (χ1n) is 8.94. The van der Waals surface area contributed by atoms with E-state index in [9.17, 15) is 14.0 Å². The number of ether oxygens (including phenoxy) is 1. The number of carboxylic acids is 1. The molecule has 13 heteroatoms. The number of hydrogen-bond donors (Lipinski definition) is 2. The Morgan fingerprint density at radius 3 is 2.77 bits per heavy atom. The molecule has 1 saturated heterocycles. The van der Waals surface area contributed by atoms with Gasteiger partial charge in [-0.3, -0.25) is 9.91 Å². The second-order valence-electron chi connectivity index (χ2n) is 6.55. The lowest BCUT2D eigenvalue weighted by Crippen LogP contribution is -2.38. The number of anilines is 2. The zero-order valence-electron chi connectivity index (χ0n) is 15.5. The molecule has 1 atom stereocenters. The summed E-state index contributed by atoms with van der Waals surface area (Å²) in [5.41, 5.74) is 0.649. The minimum Gasteiger partial charge on any atom is -0.476 e. The van der Waals surface area contributed by atoms with Crippen LogP contribution in [-0.2, 0) is 11.3 Å². The van der Waals surface area contributed by atoms with Crippen molar-refractivity contribution in [1.82, 2.24) is 15.2 Å². The zero-order chi connectivity index (χ0) is 21.3. The molecule has 2 aliphatic rings. The molecule has 0 bridgehead atoms. The van der Waals surface area contributed by atoms with Crippen molar-refractivity contribution in [2.75, 3.05) is 36.0 Å². The van der Waals surface area contributed by atoms with Gasteiger partial charge in [-0.25, -0.2) is 14.0 Å². The van der Waals surface area contributed by atoms with Gasteiger partial charge in [0.2, 0.25) is 5.01 Å². The number of cyclic esters (lactones) is 1. The number of carbonyl (C=O) groups is 2. The van der Waals surface area contributed by atoms with Crippen LogP contribution in [0.4, 0.5) is 20.6 Å². The lowest BCUT2D eigenvalue weighted by atomic mass is 10.2. The number of hydrazone groups is 1. The summed E-state index contributed by atoms with van der Waals surface area (Å²) in [6.45, 7) is 1.08. The topological polar surface area (TPSA) is 132 Å². The molecule has 30 heavy (non-hydrogen) atoms. The van der Waals surface area contributed by atoms with Crippen molar-refractivity contribution in [1.29, 1.82) is 0 Å². The number of amides is 1. The highest BCUT2D eigenvalue weighted by Gasteiger charge is 2.32. The van der Waals surface area contributed by atoms with Gasteiger partial charge < -0.3 is 19.8 Å². The number of aromatic nitrogens is 2. The molecule has 1 amide bonds. The molecule has 0 spiro atoms. The monoisotopic (exact) mass is 436 g/mol. The van der Waals surface area contributed by atoms with E-state index in [1.165, 1.54) is 17.3 Å². The number of carboxylic acid groups (broad SMARTS) is 1. The van der Waals surface area contributed by atoms with E-state index >= 15 is 0 Å². The molecule has 2 aliphatic heterocycles. The lowest BCUT2D eigenvalue weighted by Gasteiger charge is -2.29. The second kappa shape index (κ2) is 8.20. The maximum atomic E-state index is 14.7. The number of aliphatic hydroxyl groups is 1. The van der Waals surface area contributed by atoms with E-state index in [1.54, 1.807) is 22.0 Å². The van der Waals surface area contributed by atoms with E-state index in [0.717, 1.165) is 11.3 Å². The summed E-state index contributed by atoms with van der Waals surface area (Å²) in [7, 11) is 0. The van der Waals surface area contributed by atoms with E-state index < -0.39 is 24.0 Å². The van der Waals surface area contributed by atoms with Crippen molar-refractivity contribution >= 4 is 41.1 Å². The molecule has 158 valence electrons. The van der Waals surface area contributed by atoms with Gasteiger partial charge >= 0.3 is 12.1 Å². The van der Waals surface area contributed by atoms with Gasteiger partial charge in [0.1, 0.15) is 23.3 Å². The lowest BCUT2D eigenvalue weighted by molar-refractivity contribution is 0.0695. The van der Waals surface area contributed by atoms with Crippen molar-refractivity contribution in [3.05, 3.63) is 34.0 Å². The smallest absolute Gasteiger partial charge is 0.414 e. The van der Waals surface area contributed by atoms with Gasteiger partial charge in [0.05, 0.1) is 37.6 Å². The van der Waals surface area contributed by atoms with E-state index in [0.29, 0.717) is 36.0 Å².